The van der Waals surface area contributed by atoms with Crippen LogP contribution in [0.25, 0.3) is 10.8 Å². The normalized spacial score (nSPS) is 10.8. The highest BCUT2D eigenvalue weighted by Crippen LogP contribution is 2.22. The van der Waals surface area contributed by atoms with E-state index in [9.17, 15) is 4.79 Å². The Kier molecular flexibility index (Phi) is 3.38. The molecule has 1 aromatic heterocycles. The first-order chi connectivity index (χ1) is 9.78. The first kappa shape index (κ1) is 12.7. The van der Waals surface area contributed by atoms with Crippen molar-refractivity contribution in [1.82, 2.24) is 0 Å². The molecule has 0 unspecified atom stereocenters. The summed E-state index contributed by atoms with van der Waals surface area (Å²) < 4.78 is 5.64. The van der Waals surface area contributed by atoms with Crippen molar-refractivity contribution in [1.29, 1.82) is 0 Å². The van der Waals surface area contributed by atoms with Crippen LogP contribution in [0, 0.1) is 0 Å². The van der Waals surface area contributed by atoms with E-state index in [1.54, 1.807) is 6.07 Å². The average Bonchev–Trinajstić information content (AvgIpc) is 2.95. The Morgan fingerprint density at radius 1 is 1.00 bits per heavy atom. The number of fused-ring (bicyclic) bond motifs is 1. The number of Topliss-reactive ketones (excluding diaryl/α,β-unsaturated/α-hetero) is 1. The van der Waals surface area contributed by atoms with Gasteiger partial charge in [-0.25, -0.2) is 0 Å². The highest BCUT2D eigenvalue weighted by atomic mass is 16.3. The molecule has 1 heterocycles. The number of carbonyl (C=O) groups excluding carboxylic acids is 1. The molecule has 0 atom stereocenters. The van der Waals surface area contributed by atoms with E-state index in [4.69, 9.17) is 4.42 Å². The summed E-state index contributed by atoms with van der Waals surface area (Å²) in [4.78, 5) is 11.6. The van der Waals surface area contributed by atoms with Crippen LogP contribution in [-0.2, 0) is 6.42 Å². The molecule has 100 valence electrons. The molecule has 0 spiro atoms. The van der Waals surface area contributed by atoms with Crippen molar-refractivity contribution in [2.24, 2.45) is 0 Å². The molecule has 0 saturated carbocycles. The summed E-state index contributed by atoms with van der Waals surface area (Å²) in [6.07, 6.45) is 1.18. The maximum Gasteiger partial charge on any atom is 0.197 e. The predicted octanol–water partition coefficient (Wildman–Crippen LogP) is 4.62. The Labute approximate surface area is 118 Å². The third-order valence-electron chi connectivity index (χ3n) is 3.50. The molecule has 2 aromatic carbocycles. The molecule has 0 amide bonds. The Balaban J connectivity index is 1.93. The maximum absolute atomic E-state index is 11.6. The van der Waals surface area contributed by atoms with E-state index in [0.29, 0.717) is 18.6 Å². The molecule has 0 N–H and O–H groups in total. The summed E-state index contributed by atoms with van der Waals surface area (Å²) >= 11 is 0. The Morgan fingerprint density at radius 3 is 2.65 bits per heavy atom. The molecule has 0 saturated heterocycles. The van der Waals surface area contributed by atoms with Crippen LogP contribution < -0.4 is 0 Å². The van der Waals surface area contributed by atoms with Gasteiger partial charge in [-0.3, -0.25) is 4.79 Å². The molecule has 0 aliphatic rings. The molecule has 0 aliphatic carbocycles. The summed E-state index contributed by atoms with van der Waals surface area (Å²) in [5, 5.41) is 2.45. The Morgan fingerprint density at radius 2 is 1.80 bits per heavy atom. The molecule has 3 aromatic rings. The SMILES string of the molecule is CCC(=O)c1ccc(Cc2cccc3ccccc23)o1. The number of hydrogen-bond acceptors (Lipinski definition) is 2. The largest absolute Gasteiger partial charge is 0.458 e. The maximum atomic E-state index is 11.6. The Hall–Kier alpha value is -2.35. The van der Waals surface area contributed by atoms with Crippen LogP contribution in [0.4, 0.5) is 0 Å². The van der Waals surface area contributed by atoms with Gasteiger partial charge >= 0.3 is 0 Å². The Bertz CT molecular complexity index is 747. The van der Waals surface area contributed by atoms with Crippen molar-refractivity contribution in [2.45, 2.75) is 19.8 Å². The van der Waals surface area contributed by atoms with Gasteiger partial charge in [0.05, 0.1) is 0 Å². The van der Waals surface area contributed by atoms with Crippen LogP contribution in [-0.4, -0.2) is 5.78 Å². The van der Waals surface area contributed by atoms with Crippen molar-refractivity contribution in [2.75, 3.05) is 0 Å². The van der Waals surface area contributed by atoms with Crippen molar-refractivity contribution in [3.8, 4) is 0 Å². The molecule has 0 bridgehead atoms. The lowest BCUT2D eigenvalue weighted by Crippen LogP contribution is -1.93. The molecule has 2 nitrogen and oxygen atoms in total. The van der Waals surface area contributed by atoms with Gasteiger partial charge in [-0.1, -0.05) is 49.4 Å². The van der Waals surface area contributed by atoms with Gasteiger partial charge in [0.2, 0.25) is 0 Å². The number of furan rings is 1. The summed E-state index contributed by atoms with van der Waals surface area (Å²) in [6.45, 7) is 1.84. The van der Waals surface area contributed by atoms with Gasteiger partial charge in [0.15, 0.2) is 11.5 Å². The van der Waals surface area contributed by atoms with Crippen LogP contribution in [0.1, 0.15) is 35.2 Å². The van der Waals surface area contributed by atoms with Gasteiger partial charge < -0.3 is 4.42 Å². The fraction of sp³-hybridized carbons (Fsp3) is 0.167. The highest BCUT2D eigenvalue weighted by molar-refractivity contribution is 5.93. The summed E-state index contributed by atoms with van der Waals surface area (Å²) in [6, 6.07) is 18.2. The molecule has 0 aliphatic heterocycles. The van der Waals surface area contributed by atoms with E-state index in [-0.39, 0.29) is 5.78 Å². The van der Waals surface area contributed by atoms with Gasteiger partial charge in [0.1, 0.15) is 5.76 Å². The molecular formula is C18H16O2. The topological polar surface area (TPSA) is 30.2 Å². The second kappa shape index (κ2) is 5.33. The van der Waals surface area contributed by atoms with E-state index in [0.717, 1.165) is 5.76 Å². The lowest BCUT2D eigenvalue weighted by atomic mass is 10.0. The van der Waals surface area contributed by atoms with E-state index >= 15 is 0 Å². The smallest absolute Gasteiger partial charge is 0.197 e. The third-order valence-corrected chi connectivity index (χ3v) is 3.50. The summed E-state index contributed by atoms with van der Waals surface area (Å²) in [7, 11) is 0. The number of carbonyl (C=O) groups is 1. The number of hydrogen-bond donors (Lipinski definition) is 0. The number of ketones is 1. The number of benzene rings is 2. The summed E-state index contributed by atoms with van der Waals surface area (Å²) in [5.74, 6) is 1.34. The zero-order valence-corrected chi connectivity index (χ0v) is 11.4. The minimum atomic E-state index is 0.0502. The van der Waals surface area contributed by atoms with E-state index in [1.807, 2.05) is 25.1 Å². The van der Waals surface area contributed by atoms with E-state index in [2.05, 4.69) is 30.3 Å². The average molecular weight is 264 g/mol. The van der Waals surface area contributed by atoms with Crippen LogP contribution in [0.15, 0.2) is 59.0 Å². The second-order valence-corrected chi connectivity index (χ2v) is 4.86. The van der Waals surface area contributed by atoms with Crippen molar-refractivity contribution in [3.05, 3.63) is 71.7 Å². The first-order valence-electron chi connectivity index (χ1n) is 6.86. The fourth-order valence-corrected chi connectivity index (χ4v) is 2.43. The minimum absolute atomic E-state index is 0.0502. The number of rotatable bonds is 4. The zero-order chi connectivity index (χ0) is 13.9. The predicted molar refractivity (Wildman–Crippen MR) is 80.1 cm³/mol. The molecule has 2 heteroatoms. The fourth-order valence-electron chi connectivity index (χ4n) is 2.43. The van der Waals surface area contributed by atoms with Crippen LogP contribution in [0.5, 0.6) is 0 Å². The lowest BCUT2D eigenvalue weighted by Gasteiger charge is -2.04. The van der Waals surface area contributed by atoms with Crippen molar-refractivity contribution >= 4 is 16.6 Å². The molecule has 0 radical (unpaired) electrons. The first-order valence-corrected chi connectivity index (χ1v) is 6.86. The van der Waals surface area contributed by atoms with Crippen LogP contribution >= 0.6 is 0 Å². The third kappa shape index (κ3) is 2.37. The van der Waals surface area contributed by atoms with Gasteiger partial charge in [-0.05, 0) is 28.5 Å². The zero-order valence-electron chi connectivity index (χ0n) is 11.4. The molecule has 0 fully saturated rings. The van der Waals surface area contributed by atoms with Gasteiger partial charge in [-0.2, -0.15) is 0 Å². The standard InChI is InChI=1S/C18H16O2/c1-2-17(19)18-11-10-15(20-18)12-14-8-5-7-13-6-3-4-9-16(13)14/h3-11H,2,12H2,1H3. The molecule has 20 heavy (non-hydrogen) atoms. The molecule has 3 rings (SSSR count). The lowest BCUT2D eigenvalue weighted by molar-refractivity contribution is 0.0960. The van der Waals surface area contributed by atoms with Gasteiger partial charge in [-0.15, -0.1) is 0 Å². The van der Waals surface area contributed by atoms with E-state index < -0.39 is 0 Å². The monoisotopic (exact) mass is 264 g/mol. The van der Waals surface area contributed by atoms with Gasteiger partial charge in [0, 0.05) is 12.8 Å². The second-order valence-electron chi connectivity index (χ2n) is 4.86. The van der Waals surface area contributed by atoms with Crippen LogP contribution in [0.3, 0.4) is 0 Å². The van der Waals surface area contributed by atoms with Crippen LogP contribution in [0.2, 0.25) is 0 Å². The summed E-state index contributed by atoms with van der Waals surface area (Å²) in [5.41, 5.74) is 1.22. The van der Waals surface area contributed by atoms with E-state index in [1.165, 1.54) is 16.3 Å². The van der Waals surface area contributed by atoms with Gasteiger partial charge in [0.25, 0.3) is 0 Å². The highest BCUT2D eigenvalue weighted by Gasteiger charge is 2.10. The van der Waals surface area contributed by atoms with Crippen molar-refractivity contribution < 1.29 is 9.21 Å². The minimum Gasteiger partial charge on any atom is -0.458 e. The van der Waals surface area contributed by atoms with Crippen molar-refractivity contribution in [3.63, 3.8) is 0 Å². The quantitative estimate of drug-likeness (QED) is 0.644. The molecular weight excluding hydrogens is 248 g/mol.